The van der Waals surface area contributed by atoms with Gasteiger partial charge in [0.1, 0.15) is 0 Å². The molecule has 8 heteroatoms. The highest BCUT2D eigenvalue weighted by molar-refractivity contribution is 5.91. The Bertz CT molecular complexity index is 538. The van der Waals surface area contributed by atoms with Crippen molar-refractivity contribution in [3.8, 4) is 0 Å². The number of carbonyl (C=O) groups excluding carboxylic acids is 2. The van der Waals surface area contributed by atoms with Crippen LogP contribution in [0, 0.1) is 5.92 Å². The van der Waals surface area contributed by atoms with Crippen LogP contribution >= 0.6 is 0 Å². The zero-order chi connectivity index (χ0) is 14.8. The molecule has 2 fully saturated rings. The van der Waals surface area contributed by atoms with Gasteiger partial charge in [0.15, 0.2) is 0 Å². The normalized spacial score (nSPS) is 26.0. The van der Waals surface area contributed by atoms with Crippen molar-refractivity contribution in [1.29, 1.82) is 0 Å². The van der Waals surface area contributed by atoms with Crippen LogP contribution in [0.4, 0.5) is 0 Å². The van der Waals surface area contributed by atoms with E-state index in [-0.39, 0.29) is 29.6 Å². The number of carbonyl (C=O) groups is 2. The molecule has 1 aromatic rings. The van der Waals surface area contributed by atoms with E-state index in [0.29, 0.717) is 19.0 Å². The predicted molar refractivity (Wildman–Crippen MR) is 72.1 cm³/mol. The van der Waals surface area contributed by atoms with Crippen LogP contribution in [0.25, 0.3) is 0 Å². The number of rotatable bonds is 3. The Balaban J connectivity index is 1.68. The molecule has 2 aliphatic rings. The summed E-state index contributed by atoms with van der Waals surface area (Å²) in [6.45, 7) is 1.84. The molecule has 0 saturated carbocycles. The van der Waals surface area contributed by atoms with Gasteiger partial charge in [-0.25, -0.2) is 0 Å². The molecular weight excluding hydrogens is 274 g/mol. The molecule has 2 unspecified atom stereocenters. The van der Waals surface area contributed by atoms with Crippen molar-refractivity contribution in [2.45, 2.75) is 31.7 Å². The van der Waals surface area contributed by atoms with Gasteiger partial charge in [-0.2, -0.15) is 4.98 Å². The van der Waals surface area contributed by atoms with E-state index in [9.17, 15) is 9.59 Å². The lowest BCUT2D eigenvalue weighted by atomic mass is 9.97. The molecule has 0 bridgehead atoms. The number of hydrogen-bond donors (Lipinski definition) is 2. The number of amides is 2. The number of nitrogens with one attached hydrogen (secondary N) is 1. The van der Waals surface area contributed by atoms with Crippen LogP contribution in [0.1, 0.15) is 48.2 Å². The monoisotopic (exact) mass is 293 g/mol. The highest BCUT2D eigenvalue weighted by atomic mass is 16.5. The summed E-state index contributed by atoms with van der Waals surface area (Å²) in [5.41, 5.74) is 5.32. The molecular formula is C13H19N5O3. The number of likely N-dealkylation sites (tertiary alicyclic amines) is 1. The van der Waals surface area contributed by atoms with Gasteiger partial charge < -0.3 is 20.5 Å². The first kappa shape index (κ1) is 14.0. The van der Waals surface area contributed by atoms with Crippen LogP contribution in [-0.4, -0.2) is 46.5 Å². The van der Waals surface area contributed by atoms with Crippen LogP contribution in [0.15, 0.2) is 4.52 Å². The minimum Gasteiger partial charge on any atom is -0.369 e. The van der Waals surface area contributed by atoms with E-state index in [1.807, 2.05) is 0 Å². The molecule has 21 heavy (non-hydrogen) atoms. The quantitative estimate of drug-likeness (QED) is 0.799. The van der Waals surface area contributed by atoms with E-state index >= 15 is 0 Å². The standard InChI is InChI=1S/C13H19N5O3/c14-10(19)8-3-2-6-18(7-8)13(20)11-16-12(21-17-11)9-4-1-5-15-9/h8-9,15H,1-7H2,(H2,14,19). The van der Waals surface area contributed by atoms with E-state index in [4.69, 9.17) is 10.3 Å². The maximum absolute atomic E-state index is 12.4. The fourth-order valence-electron chi connectivity index (χ4n) is 2.89. The second kappa shape index (κ2) is 5.80. The largest absolute Gasteiger partial charge is 0.369 e. The molecule has 3 rings (SSSR count). The summed E-state index contributed by atoms with van der Waals surface area (Å²) in [6, 6.07) is 0.0405. The highest BCUT2D eigenvalue weighted by Crippen LogP contribution is 2.22. The lowest BCUT2D eigenvalue weighted by Crippen LogP contribution is -2.44. The van der Waals surface area contributed by atoms with Gasteiger partial charge in [0.25, 0.3) is 11.7 Å². The Kier molecular flexibility index (Phi) is 3.87. The fraction of sp³-hybridized carbons (Fsp3) is 0.692. The van der Waals surface area contributed by atoms with Gasteiger partial charge in [0.05, 0.1) is 12.0 Å². The van der Waals surface area contributed by atoms with Crippen molar-refractivity contribution in [3.63, 3.8) is 0 Å². The minimum absolute atomic E-state index is 0.0405. The third-order valence-corrected chi connectivity index (χ3v) is 4.10. The molecule has 2 saturated heterocycles. The number of primary amides is 1. The van der Waals surface area contributed by atoms with Crippen molar-refractivity contribution in [1.82, 2.24) is 20.4 Å². The first-order valence-electron chi connectivity index (χ1n) is 7.30. The Morgan fingerprint density at radius 1 is 1.33 bits per heavy atom. The van der Waals surface area contributed by atoms with Gasteiger partial charge >= 0.3 is 0 Å². The van der Waals surface area contributed by atoms with E-state index in [2.05, 4.69) is 15.5 Å². The van der Waals surface area contributed by atoms with Gasteiger partial charge in [-0.1, -0.05) is 5.16 Å². The number of aromatic nitrogens is 2. The van der Waals surface area contributed by atoms with Crippen LogP contribution < -0.4 is 11.1 Å². The van der Waals surface area contributed by atoms with Crippen LogP contribution in [0.2, 0.25) is 0 Å². The molecule has 114 valence electrons. The van der Waals surface area contributed by atoms with E-state index in [1.54, 1.807) is 4.90 Å². The Morgan fingerprint density at radius 2 is 2.19 bits per heavy atom. The molecule has 0 radical (unpaired) electrons. The topological polar surface area (TPSA) is 114 Å². The van der Waals surface area contributed by atoms with Crippen molar-refractivity contribution >= 4 is 11.8 Å². The molecule has 3 heterocycles. The van der Waals surface area contributed by atoms with Gasteiger partial charge in [-0.3, -0.25) is 9.59 Å². The third kappa shape index (κ3) is 2.90. The van der Waals surface area contributed by atoms with E-state index in [0.717, 1.165) is 32.2 Å². The Labute approximate surface area is 122 Å². The summed E-state index contributed by atoms with van der Waals surface area (Å²) in [7, 11) is 0. The minimum atomic E-state index is -0.364. The molecule has 0 aliphatic carbocycles. The molecule has 1 aromatic heterocycles. The number of hydrogen-bond acceptors (Lipinski definition) is 6. The molecule has 2 amide bonds. The highest BCUT2D eigenvalue weighted by Gasteiger charge is 2.31. The average Bonchev–Trinajstić information content (AvgIpc) is 3.17. The summed E-state index contributed by atoms with van der Waals surface area (Å²) in [5, 5.41) is 7.02. The fourth-order valence-corrected chi connectivity index (χ4v) is 2.89. The number of nitrogens with zero attached hydrogens (tertiary/aromatic N) is 3. The lowest BCUT2D eigenvalue weighted by Gasteiger charge is -2.30. The Hall–Kier alpha value is -1.96. The van der Waals surface area contributed by atoms with Crippen LogP contribution in [0.3, 0.4) is 0 Å². The predicted octanol–water partition coefficient (Wildman–Crippen LogP) is -0.168. The molecule has 0 aromatic carbocycles. The first-order valence-corrected chi connectivity index (χ1v) is 7.30. The van der Waals surface area contributed by atoms with Gasteiger partial charge in [0.2, 0.25) is 11.8 Å². The molecule has 8 nitrogen and oxygen atoms in total. The van der Waals surface area contributed by atoms with Gasteiger partial charge in [-0.15, -0.1) is 0 Å². The summed E-state index contributed by atoms with van der Waals surface area (Å²) in [4.78, 5) is 29.4. The first-order chi connectivity index (χ1) is 10.1. The lowest BCUT2D eigenvalue weighted by molar-refractivity contribution is -0.123. The second-order valence-corrected chi connectivity index (χ2v) is 5.60. The van der Waals surface area contributed by atoms with Crippen molar-refractivity contribution in [3.05, 3.63) is 11.7 Å². The number of piperidine rings is 1. The van der Waals surface area contributed by atoms with Crippen molar-refractivity contribution < 1.29 is 14.1 Å². The average molecular weight is 293 g/mol. The van der Waals surface area contributed by atoms with Gasteiger partial charge in [-0.05, 0) is 32.2 Å². The van der Waals surface area contributed by atoms with E-state index in [1.165, 1.54) is 0 Å². The second-order valence-electron chi connectivity index (χ2n) is 5.60. The smallest absolute Gasteiger partial charge is 0.295 e. The van der Waals surface area contributed by atoms with Crippen molar-refractivity contribution in [2.24, 2.45) is 11.7 Å². The summed E-state index contributed by atoms with van der Waals surface area (Å²) >= 11 is 0. The maximum Gasteiger partial charge on any atom is 0.295 e. The summed E-state index contributed by atoms with van der Waals surface area (Å²) < 4.78 is 5.17. The van der Waals surface area contributed by atoms with Crippen LogP contribution in [-0.2, 0) is 4.79 Å². The van der Waals surface area contributed by atoms with Crippen molar-refractivity contribution in [2.75, 3.05) is 19.6 Å². The summed E-state index contributed by atoms with van der Waals surface area (Å²) in [6.07, 6.45) is 3.48. The Morgan fingerprint density at radius 3 is 2.90 bits per heavy atom. The third-order valence-electron chi connectivity index (χ3n) is 4.10. The molecule has 3 N–H and O–H groups in total. The van der Waals surface area contributed by atoms with Crippen LogP contribution in [0.5, 0.6) is 0 Å². The van der Waals surface area contributed by atoms with Gasteiger partial charge in [0, 0.05) is 13.1 Å². The molecule has 0 spiro atoms. The SMILES string of the molecule is NC(=O)C1CCCN(C(=O)c2noc(C3CCCN3)n2)C1. The zero-order valence-electron chi connectivity index (χ0n) is 11.7. The van der Waals surface area contributed by atoms with E-state index < -0.39 is 0 Å². The summed E-state index contributed by atoms with van der Waals surface area (Å²) in [5.74, 6) is -0.431. The maximum atomic E-state index is 12.4. The molecule has 2 atom stereocenters. The molecule has 2 aliphatic heterocycles. The number of nitrogens with two attached hydrogens (primary N) is 1. The zero-order valence-corrected chi connectivity index (χ0v) is 11.7.